The summed E-state index contributed by atoms with van der Waals surface area (Å²) in [6.45, 7) is 12.9. The molecule has 0 aromatic carbocycles. The normalized spacial score (nSPS) is 17.7. The number of hydrogen-bond donors (Lipinski definition) is 0. The van der Waals surface area contributed by atoms with Crippen molar-refractivity contribution in [1.29, 1.82) is 5.26 Å². The Morgan fingerprint density at radius 3 is 2.13 bits per heavy atom. The van der Waals surface area contributed by atoms with E-state index >= 15 is 0 Å². The van der Waals surface area contributed by atoms with Crippen LogP contribution in [0.4, 0.5) is 17.6 Å². The van der Waals surface area contributed by atoms with Gasteiger partial charge < -0.3 is 19.6 Å². The number of aryl methyl sites for hydroxylation is 2. The third kappa shape index (κ3) is 4.39. The molecule has 0 unspecified atom stereocenters. The standard InChI is InChI=1S/C22H29ClN8/c1-15-13-19(27-22(25-15)31-7-5-28(4)6-8-31)29-9-11-30(12-10-29)21-18(14-24)16(2)20(23)17(3)26-21/h13H,5-12H2,1-4H3. The smallest absolute Gasteiger partial charge is 0.227 e. The van der Waals surface area contributed by atoms with Gasteiger partial charge in [-0.25, -0.2) is 9.97 Å². The van der Waals surface area contributed by atoms with Crippen molar-refractivity contribution in [3.05, 3.63) is 33.6 Å². The lowest BCUT2D eigenvalue weighted by atomic mass is 10.1. The minimum Gasteiger partial charge on any atom is -0.353 e. The number of anilines is 3. The van der Waals surface area contributed by atoms with Gasteiger partial charge in [0.1, 0.15) is 17.7 Å². The van der Waals surface area contributed by atoms with Gasteiger partial charge in [0.25, 0.3) is 0 Å². The molecule has 2 saturated heterocycles. The monoisotopic (exact) mass is 440 g/mol. The molecule has 164 valence electrons. The molecule has 0 radical (unpaired) electrons. The molecule has 9 heteroatoms. The Labute approximate surface area is 189 Å². The number of rotatable bonds is 3. The summed E-state index contributed by atoms with van der Waals surface area (Å²) in [4.78, 5) is 23.3. The molecule has 0 bridgehead atoms. The van der Waals surface area contributed by atoms with E-state index in [2.05, 4.69) is 43.8 Å². The van der Waals surface area contributed by atoms with Crippen molar-refractivity contribution in [2.45, 2.75) is 20.8 Å². The third-order valence-electron chi connectivity index (χ3n) is 6.15. The van der Waals surface area contributed by atoms with Crippen LogP contribution in [0.1, 0.15) is 22.5 Å². The summed E-state index contributed by atoms with van der Waals surface area (Å²) < 4.78 is 0. The largest absolute Gasteiger partial charge is 0.353 e. The van der Waals surface area contributed by atoms with E-state index in [1.165, 1.54) is 0 Å². The number of piperazine rings is 2. The summed E-state index contributed by atoms with van der Waals surface area (Å²) in [5.74, 6) is 2.53. The van der Waals surface area contributed by atoms with Crippen molar-refractivity contribution in [2.75, 3.05) is 74.1 Å². The molecule has 2 aliphatic heterocycles. The first-order valence-corrected chi connectivity index (χ1v) is 11.1. The van der Waals surface area contributed by atoms with E-state index < -0.39 is 0 Å². The molecule has 2 fully saturated rings. The molecule has 0 amide bonds. The van der Waals surface area contributed by atoms with Crippen LogP contribution in [-0.2, 0) is 0 Å². The lowest BCUT2D eigenvalue weighted by Crippen LogP contribution is -2.48. The second-order valence-corrected chi connectivity index (χ2v) is 8.76. The summed E-state index contributed by atoms with van der Waals surface area (Å²) in [6.07, 6.45) is 0. The average molecular weight is 441 g/mol. The SMILES string of the molecule is Cc1cc(N2CCN(c3nc(C)c(Cl)c(C)c3C#N)CC2)nc(N2CCN(C)CC2)n1. The highest BCUT2D eigenvalue weighted by molar-refractivity contribution is 6.32. The topological polar surface area (TPSA) is 75.4 Å². The number of nitrogens with zero attached hydrogens (tertiary/aromatic N) is 8. The summed E-state index contributed by atoms with van der Waals surface area (Å²) in [7, 11) is 2.15. The second-order valence-electron chi connectivity index (χ2n) is 8.38. The molecule has 2 aliphatic rings. The van der Waals surface area contributed by atoms with Gasteiger partial charge in [0.2, 0.25) is 5.95 Å². The molecule has 8 nitrogen and oxygen atoms in total. The molecule has 0 saturated carbocycles. The van der Waals surface area contributed by atoms with Crippen molar-refractivity contribution >= 4 is 29.2 Å². The number of nitriles is 1. The van der Waals surface area contributed by atoms with Crippen LogP contribution >= 0.6 is 11.6 Å². The number of aromatic nitrogens is 3. The van der Waals surface area contributed by atoms with Crippen LogP contribution in [0.15, 0.2) is 6.07 Å². The van der Waals surface area contributed by atoms with Crippen LogP contribution in [-0.4, -0.2) is 79.3 Å². The van der Waals surface area contributed by atoms with Crippen LogP contribution in [0, 0.1) is 32.1 Å². The quantitative estimate of drug-likeness (QED) is 0.720. The number of pyridine rings is 1. The van der Waals surface area contributed by atoms with Crippen LogP contribution < -0.4 is 14.7 Å². The molecule has 2 aromatic rings. The maximum Gasteiger partial charge on any atom is 0.227 e. The van der Waals surface area contributed by atoms with Gasteiger partial charge in [0.05, 0.1) is 16.3 Å². The average Bonchev–Trinajstić information content (AvgIpc) is 2.77. The zero-order chi connectivity index (χ0) is 22.1. The predicted molar refractivity (Wildman–Crippen MR) is 124 cm³/mol. The summed E-state index contributed by atoms with van der Waals surface area (Å²) in [5.41, 5.74) is 3.12. The maximum absolute atomic E-state index is 9.67. The molecule has 2 aromatic heterocycles. The van der Waals surface area contributed by atoms with Gasteiger partial charge in [-0.1, -0.05) is 11.6 Å². The maximum atomic E-state index is 9.67. The van der Waals surface area contributed by atoms with Crippen LogP contribution in [0.25, 0.3) is 0 Å². The fraction of sp³-hybridized carbons (Fsp3) is 0.545. The van der Waals surface area contributed by atoms with Gasteiger partial charge in [-0.15, -0.1) is 0 Å². The van der Waals surface area contributed by atoms with Crippen molar-refractivity contribution in [2.24, 2.45) is 0 Å². The molecule has 4 heterocycles. The molecule has 0 spiro atoms. The fourth-order valence-electron chi connectivity index (χ4n) is 4.17. The van der Waals surface area contributed by atoms with E-state index in [9.17, 15) is 5.26 Å². The van der Waals surface area contributed by atoms with Gasteiger partial charge in [0.15, 0.2) is 0 Å². The van der Waals surface area contributed by atoms with E-state index in [0.717, 1.165) is 86.9 Å². The minimum absolute atomic E-state index is 0.569. The molecule has 0 N–H and O–H groups in total. The molecular weight excluding hydrogens is 412 g/mol. The number of halogens is 1. The highest BCUT2D eigenvalue weighted by Gasteiger charge is 2.25. The van der Waals surface area contributed by atoms with Gasteiger partial charge in [-0.3, -0.25) is 0 Å². The Bertz CT molecular complexity index is 1000. The fourth-order valence-corrected chi connectivity index (χ4v) is 4.31. The first kappa shape index (κ1) is 21.6. The Balaban J connectivity index is 1.50. The Morgan fingerprint density at radius 1 is 0.871 bits per heavy atom. The van der Waals surface area contributed by atoms with Crippen molar-refractivity contribution < 1.29 is 0 Å². The van der Waals surface area contributed by atoms with Crippen LogP contribution in [0.3, 0.4) is 0 Å². The van der Waals surface area contributed by atoms with Crippen molar-refractivity contribution in [3.8, 4) is 6.07 Å². The summed E-state index contributed by atoms with van der Waals surface area (Å²) >= 11 is 6.32. The van der Waals surface area contributed by atoms with E-state index in [4.69, 9.17) is 21.6 Å². The predicted octanol–water partition coefficient (Wildman–Crippen LogP) is 2.40. The number of hydrogen-bond acceptors (Lipinski definition) is 8. The summed E-state index contributed by atoms with van der Waals surface area (Å²) in [6, 6.07) is 4.35. The van der Waals surface area contributed by atoms with Gasteiger partial charge in [0, 0.05) is 64.1 Å². The molecular formula is C22H29ClN8. The van der Waals surface area contributed by atoms with Gasteiger partial charge >= 0.3 is 0 Å². The highest BCUT2D eigenvalue weighted by atomic mass is 35.5. The van der Waals surface area contributed by atoms with Crippen LogP contribution in [0.5, 0.6) is 0 Å². The number of likely N-dealkylation sites (N-methyl/N-ethyl adjacent to an activating group) is 1. The lowest BCUT2D eigenvalue weighted by Gasteiger charge is -2.37. The van der Waals surface area contributed by atoms with Gasteiger partial charge in [-0.05, 0) is 33.4 Å². The molecule has 0 aliphatic carbocycles. The van der Waals surface area contributed by atoms with E-state index in [1.54, 1.807) is 0 Å². The third-order valence-corrected chi connectivity index (χ3v) is 6.71. The zero-order valence-electron chi connectivity index (χ0n) is 18.7. The van der Waals surface area contributed by atoms with Crippen molar-refractivity contribution in [3.63, 3.8) is 0 Å². The first-order valence-electron chi connectivity index (χ1n) is 10.7. The van der Waals surface area contributed by atoms with Gasteiger partial charge in [-0.2, -0.15) is 10.2 Å². The van der Waals surface area contributed by atoms with E-state index in [1.807, 2.05) is 20.8 Å². The Hall–Kier alpha value is -2.63. The first-order chi connectivity index (χ1) is 14.9. The van der Waals surface area contributed by atoms with Crippen LogP contribution in [0.2, 0.25) is 5.02 Å². The lowest BCUT2D eigenvalue weighted by molar-refractivity contribution is 0.311. The van der Waals surface area contributed by atoms with E-state index in [0.29, 0.717) is 10.6 Å². The Kier molecular flexibility index (Phi) is 6.17. The highest BCUT2D eigenvalue weighted by Crippen LogP contribution is 2.30. The summed E-state index contributed by atoms with van der Waals surface area (Å²) in [5, 5.41) is 10.2. The van der Waals surface area contributed by atoms with Crippen molar-refractivity contribution in [1.82, 2.24) is 19.9 Å². The zero-order valence-corrected chi connectivity index (χ0v) is 19.4. The molecule has 0 atom stereocenters. The molecule has 31 heavy (non-hydrogen) atoms. The van der Waals surface area contributed by atoms with E-state index in [-0.39, 0.29) is 0 Å². The molecule has 4 rings (SSSR count). The Morgan fingerprint density at radius 2 is 1.48 bits per heavy atom. The minimum atomic E-state index is 0.569. The second kappa shape index (κ2) is 8.85.